The Bertz CT molecular complexity index is 9770. The van der Waals surface area contributed by atoms with Crippen molar-refractivity contribution in [3.05, 3.63) is 520 Å². The molecule has 20 aromatic carbocycles. The first-order chi connectivity index (χ1) is 73.5. The van der Waals surface area contributed by atoms with E-state index >= 15 is 0 Å². The Labute approximate surface area is 863 Å². The van der Waals surface area contributed by atoms with Crippen LogP contribution in [-0.4, -0.2) is 29.1 Å². The summed E-state index contributed by atoms with van der Waals surface area (Å²) in [7, 11) is 0. The van der Waals surface area contributed by atoms with Gasteiger partial charge >= 0.3 is 0 Å². The second-order valence-corrected chi connectivity index (χ2v) is 39.5. The van der Waals surface area contributed by atoms with Gasteiger partial charge in [-0.25, -0.2) is 9.97 Å². The number of fused-ring (bicyclic) bond motifs is 29. The number of pyridine rings is 2. The number of aryl methyl sites for hydroxylation is 2. The molecule has 0 unspecified atom stereocenters. The molecule has 0 saturated heterocycles. The summed E-state index contributed by atoms with van der Waals surface area (Å²) in [5.74, 6) is 2.43. The molecule has 30 rings (SSSR count). The lowest BCUT2D eigenvalue weighted by Gasteiger charge is -2.29. The van der Waals surface area contributed by atoms with Gasteiger partial charge in [0.25, 0.3) is 0 Å². The first-order valence-electron chi connectivity index (χ1n) is 50.9. The number of ether oxygens (including phenoxy) is 1. The normalized spacial score (nSPS) is 12.5. The number of hydrogen-bond donors (Lipinski definition) is 0. The predicted molar refractivity (Wildman–Crippen MR) is 615 cm³/mol. The maximum absolute atomic E-state index is 6.59. The van der Waals surface area contributed by atoms with E-state index in [1.165, 1.54) is 127 Å². The van der Waals surface area contributed by atoms with Crippen molar-refractivity contribution in [2.45, 2.75) is 33.1 Å². The molecule has 0 radical (unpaired) electrons. The van der Waals surface area contributed by atoms with Gasteiger partial charge in [-0.3, -0.25) is 9.97 Å². The Hall–Kier alpha value is -19.4. The summed E-state index contributed by atoms with van der Waals surface area (Å²) in [6, 6.07) is 173. The highest BCUT2D eigenvalue weighted by Crippen LogP contribution is 2.61. The van der Waals surface area contributed by atoms with Crippen LogP contribution in [-0.2, 0) is 5.41 Å². The number of furan rings is 1. The molecule has 6 aromatic heterocycles. The number of anilines is 6. The molecule has 0 saturated carbocycles. The van der Waals surface area contributed by atoms with E-state index < -0.39 is 0 Å². The topological polar surface area (TPSA) is 90.3 Å². The lowest BCUT2D eigenvalue weighted by Crippen LogP contribution is -2.16. The second-order valence-electron chi connectivity index (χ2n) is 39.5. The summed E-state index contributed by atoms with van der Waals surface area (Å²) >= 11 is 0. The van der Waals surface area contributed by atoms with E-state index in [0.29, 0.717) is 5.82 Å². The van der Waals surface area contributed by atoms with Gasteiger partial charge in [0.2, 0.25) is 0 Å². The molecule has 0 amide bonds. The maximum atomic E-state index is 6.59. The van der Waals surface area contributed by atoms with Crippen molar-refractivity contribution in [3.8, 4) is 168 Å². The zero-order chi connectivity index (χ0) is 99.1. The van der Waals surface area contributed by atoms with Gasteiger partial charge in [-0.2, -0.15) is 0 Å². The Morgan fingerprint density at radius 1 is 0.242 bits per heavy atom. The maximum Gasteiger partial charge on any atom is 0.160 e. The number of rotatable bonds is 10. The molecule has 3 aliphatic heterocycles. The zero-order valence-electron chi connectivity index (χ0n) is 82.2. The largest absolute Gasteiger partial charge is 0.456 e. The average molecular weight is 1910 g/mol. The molecule has 9 heterocycles. The van der Waals surface area contributed by atoms with Crippen LogP contribution in [0.25, 0.3) is 222 Å². The summed E-state index contributed by atoms with van der Waals surface area (Å²) in [5.41, 5.74) is 48.9. The summed E-state index contributed by atoms with van der Waals surface area (Å²) in [4.78, 5) is 24.6. The Kier molecular flexibility index (Phi) is 20.9. The quantitative estimate of drug-likeness (QED) is 0.134. The van der Waals surface area contributed by atoms with E-state index in [1.807, 2.05) is 85.2 Å². The molecule has 149 heavy (non-hydrogen) atoms. The Morgan fingerprint density at radius 2 is 0.698 bits per heavy atom. The third kappa shape index (κ3) is 14.6. The summed E-state index contributed by atoms with van der Waals surface area (Å²) in [6.45, 7) is 9.03. The van der Waals surface area contributed by atoms with Crippen molar-refractivity contribution in [2.75, 3.05) is 9.80 Å². The van der Waals surface area contributed by atoms with E-state index in [4.69, 9.17) is 29.1 Å². The first kappa shape index (κ1) is 87.4. The number of benzene rings is 20. The van der Waals surface area contributed by atoms with Crippen molar-refractivity contribution >= 4 is 99.7 Å². The fourth-order valence-corrected chi connectivity index (χ4v) is 23.7. The van der Waals surface area contributed by atoms with Crippen LogP contribution < -0.4 is 14.5 Å². The zero-order valence-corrected chi connectivity index (χ0v) is 82.2. The molecular weight excluding hydrogens is 1810 g/mol. The summed E-state index contributed by atoms with van der Waals surface area (Å²) in [5, 5.41) is 7.17. The molecule has 4 aliphatic rings. The predicted octanol–water partition coefficient (Wildman–Crippen LogP) is 37.3. The van der Waals surface area contributed by atoms with Gasteiger partial charge in [0.1, 0.15) is 22.7 Å². The summed E-state index contributed by atoms with van der Waals surface area (Å²) < 4.78 is 17.6. The van der Waals surface area contributed by atoms with Crippen molar-refractivity contribution < 1.29 is 9.15 Å². The number of para-hydroxylation sites is 10. The van der Waals surface area contributed by atoms with Crippen LogP contribution in [0.3, 0.4) is 0 Å². The van der Waals surface area contributed by atoms with Crippen LogP contribution >= 0.6 is 0 Å². The number of hydrogen-bond acceptors (Lipinski definition) is 8. The minimum absolute atomic E-state index is 0.158. The van der Waals surface area contributed by atoms with E-state index in [-0.39, 0.29) is 5.41 Å². The molecule has 10 nitrogen and oxygen atoms in total. The van der Waals surface area contributed by atoms with Gasteiger partial charge in [-0.05, 0) is 232 Å². The van der Waals surface area contributed by atoms with Crippen LogP contribution in [0.5, 0.6) is 11.5 Å². The molecule has 702 valence electrons. The van der Waals surface area contributed by atoms with Gasteiger partial charge in [0.05, 0.1) is 67.6 Å². The fraction of sp³-hybridized carbons (Fsp3) is 0.0360. The highest BCUT2D eigenvalue weighted by molar-refractivity contribution is 6.19. The summed E-state index contributed by atoms with van der Waals surface area (Å²) in [6.07, 6.45) is 3.77. The minimum Gasteiger partial charge on any atom is -0.456 e. The third-order valence-electron chi connectivity index (χ3n) is 30.5. The lowest BCUT2D eigenvalue weighted by atomic mass is 9.76. The number of aromatic nitrogens is 6. The third-order valence-corrected chi connectivity index (χ3v) is 30.5. The molecule has 1 aliphatic carbocycles. The second kappa shape index (κ2) is 35.6. The van der Waals surface area contributed by atoms with Crippen LogP contribution in [0.15, 0.2) is 502 Å². The van der Waals surface area contributed by atoms with Crippen LogP contribution in [0.1, 0.15) is 36.1 Å². The van der Waals surface area contributed by atoms with Crippen LogP contribution in [0, 0.1) is 13.8 Å². The van der Waals surface area contributed by atoms with Crippen molar-refractivity contribution in [3.63, 3.8) is 0 Å². The Morgan fingerprint density at radius 3 is 1.34 bits per heavy atom. The van der Waals surface area contributed by atoms with Crippen LogP contribution in [0.4, 0.5) is 34.1 Å². The number of nitrogens with zero attached hydrogens (tertiary/aromatic N) is 8. The molecule has 0 fully saturated rings. The SMILES string of the molecule is Cc1cccnc1-c1cc(-c2ncccc2C)cc(N2c3ccccc3-c3ccc4c(c3-c3ccccc32)C(C)(C)c2ccccc2-4)c1.c1ccc(-c2cc(-c3ccc(-c4ccc(-n5c6ccccc6c6ccc7c(c65)-c5ccccc5Oc5ccccc5-7)cc4)cc3)nc(-c3ccccc3)n2)cc1.c1ccc(N2c3ccccc3-c3cc4c5ccccc5n(-c5ccc6oc7ccccc7c6c5)c4cc3-c3ccccc32)cc1. The van der Waals surface area contributed by atoms with Gasteiger partial charge in [0.15, 0.2) is 5.82 Å². The molecule has 26 aromatic rings. The fourth-order valence-electron chi connectivity index (χ4n) is 23.7. The van der Waals surface area contributed by atoms with E-state index in [0.717, 1.165) is 157 Å². The van der Waals surface area contributed by atoms with Crippen molar-refractivity contribution in [1.82, 2.24) is 29.1 Å². The molecular formula is C139H94N8O2. The molecule has 10 heteroatoms. The average Bonchev–Trinajstić information content (AvgIpc) is 1.54. The monoisotopic (exact) mass is 1910 g/mol. The van der Waals surface area contributed by atoms with Crippen molar-refractivity contribution in [2.24, 2.45) is 0 Å². The minimum atomic E-state index is -0.158. The molecule has 0 atom stereocenters. The van der Waals surface area contributed by atoms with Crippen molar-refractivity contribution in [1.29, 1.82) is 0 Å². The molecule has 0 spiro atoms. The first-order valence-corrected chi connectivity index (χ1v) is 50.9. The van der Waals surface area contributed by atoms with Gasteiger partial charge in [0, 0.05) is 140 Å². The van der Waals surface area contributed by atoms with Gasteiger partial charge in [-0.15, -0.1) is 0 Å². The Balaban J connectivity index is 0.000000108. The lowest BCUT2D eigenvalue weighted by molar-refractivity contribution is 0.488. The van der Waals surface area contributed by atoms with Gasteiger partial charge < -0.3 is 28.1 Å². The highest BCUT2D eigenvalue weighted by Gasteiger charge is 2.42. The molecule has 0 bridgehead atoms. The van der Waals surface area contributed by atoms with E-state index in [2.05, 4.69) is 459 Å². The van der Waals surface area contributed by atoms with E-state index in [1.54, 1.807) is 0 Å². The smallest absolute Gasteiger partial charge is 0.160 e. The van der Waals surface area contributed by atoms with E-state index in [9.17, 15) is 0 Å². The standard InChI is InChI=1S/C52H33N3O.C45H35N3.C42H26N2O/c1-3-13-36(14-4-1)45-33-46(54-52(53-45)38-15-5-2-6-16-38)37-25-23-34(24-26-37)35-27-29-39(30-28-35)55-47-20-10-7-17-40(47)43-32-31-42-41-18-8-11-21-48(41)56-49-22-12-9-19-44(49)50(42)51(43)55;1-28-13-11-23-46-43(28)30-25-31(44-29(2)14-12-24-47-44)27-32(26-30)48-39-19-9-6-16-34(39)35-21-22-36-33-15-5-8-18-38(33)45(3,4)42(36)41(35)37-17-7-10-20-40(37)48;1-2-12-27(13-3-1)43-37-18-8-4-14-29(37)33-25-35-31-16-6-10-20-39(31)44(40(35)26-34(33)30-15-5-9-19-38(30)43)28-22-23-42-36(24-28)32-17-7-11-21-41(32)45-42/h1-33H;5-27H,1-4H3;1-26H. The van der Waals surface area contributed by atoms with Crippen LogP contribution in [0.2, 0.25) is 0 Å². The molecule has 0 N–H and O–H groups in total. The highest BCUT2D eigenvalue weighted by atomic mass is 16.5. The van der Waals surface area contributed by atoms with Gasteiger partial charge in [-0.1, -0.05) is 354 Å².